The first-order valence-electron chi connectivity index (χ1n) is 5.95. The zero-order valence-corrected chi connectivity index (χ0v) is 11.9. The number of hydrogen-bond acceptors (Lipinski definition) is 1. The van der Waals surface area contributed by atoms with E-state index in [1.807, 2.05) is 54.6 Å². The largest absolute Gasteiger partial charge is 0.488 e. The first-order chi connectivity index (χ1) is 9.40. The van der Waals surface area contributed by atoms with Crippen molar-refractivity contribution in [3.8, 4) is 16.5 Å². The van der Waals surface area contributed by atoms with Gasteiger partial charge in [0.05, 0.1) is 5.56 Å². The van der Waals surface area contributed by atoms with Crippen molar-refractivity contribution in [2.24, 2.45) is 0 Å². The third kappa shape index (κ3) is 4.31. The van der Waals surface area contributed by atoms with Crippen LogP contribution in [0.1, 0.15) is 11.1 Å². The lowest BCUT2D eigenvalue weighted by Crippen LogP contribution is -1.95. The van der Waals surface area contributed by atoms with E-state index < -0.39 is 0 Å². The minimum Gasteiger partial charge on any atom is -0.488 e. The minimum absolute atomic E-state index is 0.524. The Kier molecular flexibility index (Phi) is 5.28. The Morgan fingerprint density at radius 2 is 1.74 bits per heavy atom. The van der Waals surface area contributed by atoms with Crippen molar-refractivity contribution in [3.05, 3.63) is 71.8 Å². The first-order valence-corrected chi connectivity index (χ1v) is 6.74. The molecule has 1 nitrogen and oxygen atoms in total. The van der Waals surface area contributed by atoms with Crippen LogP contribution in [0.2, 0.25) is 0 Å². The maximum atomic E-state index is 5.70. The van der Waals surface area contributed by atoms with Crippen LogP contribution in [0, 0.1) is 10.8 Å². The molecule has 0 aliphatic heterocycles. The Morgan fingerprint density at radius 1 is 1.00 bits per heavy atom. The summed E-state index contributed by atoms with van der Waals surface area (Å²) in [6.45, 7) is 0.524. The van der Waals surface area contributed by atoms with Crippen LogP contribution in [0.3, 0.4) is 0 Å². The highest BCUT2D eigenvalue weighted by Gasteiger charge is 1.97. The summed E-state index contributed by atoms with van der Waals surface area (Å²) in [6.07, 6.45) is 4.03. The third-order valence-corrected chi connectivity index (χ3v) is 2.71. The number of benzene rings is 2. The average molecular weight is 313 g/mol. The number of halogens is 1. The molecule has 0 amide bonds. The molecule has 0 saturated heterocycles. The van der Waals surface area contributed by atoms with Gasteiger partial charge in [0.15, 0.2) is 0 Å². The maximum absolute atomic E-state index is 5.70. The fraction of sp³-hybridized carbons (Fsp3) is 0.0588. The summed E-state index contributed by atoms with van der Waals surface area (Å²) in [7, 11) is 0. The molecule has 2 aromatic rings. The maximum Gasteiger partial charge on any atom is 0.135 e. The van der Waals surface area contributed by atoms with E-state index in [2.05, 4.69) is 38.8 Å². The molecule has 0 radical (unpaired) electrons. The molecule has 2 heteroatoms. The monoisotopic (exact) mass is 312 g/mol. The van der Waals surface area contributed by atoms with Gasteiger partial charge in [-0.1, -0.05) is 54.5 Å². The fourth-order valence-corrected chi connectivity index (χ4v) is 1.85. The summed E-state index contributed by atoms with van der Waals surface area (Å²) in [5, 5.41) is 0. The molecule has 0 aliphatic rings. The van der Waals surface area contributed by atoms with Crippen molar-refractivity contribution in [2.75, 3.05) is 6.61 Å². The second kappa shape index (κ2) is 7.45. The Labute approximate surface area is 122 Å². The van der Waals surface area contributed by atoms with Crippen molar-refractivity contribution in [3.63, 3.8) is 0 Å². The van der Waals surface area contributed by atoms with Gasteiger partial charge in [-0.3, -0.25) is 0 Å². The van der Waals surface area contributed by atoms with Crippen molar-refractivity contribution < 1.29 is 4.74 Å². The molecular weight excluding hydrogens is 300 g/mol. The van der Waals surface area contributed by atoms with Gasteiger partial charge in [-0.2, -0.15) is 0 Å². The van der Waals surface area contributed by atoms with E-state index >= 15 is 0 Å². The van der Waals surface area contributed by atoms with Crippen molar-refractivity contribution >= 4 is 22.0 Å². The van der Waals surface area contributed by atoms with E-state index in [9.17, 15) is 0 Å². The van der Waals surface area contributed by atoms with Gasteiger partial charge in [-0.25, -0.2) is 0 Å². The van der Waals surface area contributed by atoms with E-state index in [1.54, 1.807) is 0 Å². The molecule has 0 fully saturated rings. The molecule has 2 aromatic carbocycles. The highest BCUT2D eigenvalue weighted by atomic mass is 79.9. The van der Waals surface area contributed by atoms with Crippen LogP contribution in [0.15, 0.2) is 60.7 Å². The zero-order chi connectivity index (χ0) is 13.3. The number of rotatable bonds is 4. The summed E-state index contributed by atoms with van der Waals surface area (Å²) < 4.78 is 5.70. The average Bonchev–Trinajstić information content (AvgIpc) is 2.47. The Bertz CT molecular complexity index is 606. The number of para-hydroxylation sites is 1. The normalized spacial score (nSPS) is 9.95. The number of hydrogen-bond donors (Lipinski definition) is 0. The minimum atomic E-state index is 0.524. The molecule has 2 rings (SSSR count). The lowest BCUT2D eigenvalue weighted by Gasteiger charge is -2.05. The van der Waals surface area contributed by atoms with Gasteiger partial charge in [-0.05, 0) is 28.6 Å². The Hall–Kier alpha value is -1.98. The van der Waals surface area contributed by atoms with Crippen LogP contribution in [0.25, 0.3) is 6.08 Å². The van der Waals surface area contributed by atoms with E-state index in [0.717, 1.165) is 11.3 Å². The molecule has 0 heterocycles. The molecule has 0 atom stereocenters. The van der Waals surface area contributed by atoms with Gasteiger partial charge in [-0.15, -0.1) is 0 Å². The van der Waals surface area contributed by atoms with Crippen molar-refractivity contribution in [2.45, 2.75) is 0 Å². The summed E-state index contributed by atoms with van der Waals surface area (Å²) in [5.74, 6) is 3.75. The molecule has 19 heavy (non-hydrogen) atoms. The van der Waals surface area contributed by atoms with Gasteiger partial charge in [0.1, 0.15) is 12.4 Å². The molecule has 0 N–H and O–H groups in total. The van der Waals surface area contributed by atoms with Crippen LogP contribution in [0.5, 0.6) is 5.75 Å². The summed E-state index contributed by atoms with van der Waals surface area (Å²) in [5.41, 5.74) is 2.05. The molecule has 0 aliphatic carbocycles. The summed E-state index contributed by atoms with van der Waals surface area (Å²) >= 11 is 3.10. The van der Waals surface area contributed by atoms with E-state index in [0.29, 0.717) is 6.61 Å². The predicted octanol–water partition coefficient (Wildman–Crippen LogP) is 4.48. The smallest absolute Gasteiger partial charge is 0.135 e. The van der Waals surface area contributed by atoms with E-state index in [-0.39, 0.29) is 0 Å². The van der Waals surface area contributed by atoms with Crippen LogP contribution in [-0.2, 0) is 0 Å². The molecule has 0 saturated carbocycles. The predicted molar refractivity (Wildman–Crippen MR) is 83.2 cm³/mol. The molecule has 0 bridgehead atoms. The molecule has 0 aromatic heterocycles. The summed E-state index contributed by atoms with van der Waals surface area (Å²) in [6, 6.07) is 17.9. The molecular formula is C17H13BrO. The molecule has 0 unspecified atom stereocenters. The van der Waals surface area contributed by atoms with Crippen LogP contribution >= 0.6 is 15.9 Å². The lowest BCUT2D eigenvalue weighted by molar-refractivity contribution is 0.362. The SMILES string of the molecule is BrC#Cc1ccccc1OC/C=C/c1ccccc1. The molecule has 94 valence electrons. The zero-order valence-electron chi connectivity index (χ0n) is 10.3. The Morgan fingerprint density at radius 3 is 2.53 bits per heavy atom. The van der Waals surface area contributed by atoms with Crippen LogP contribution in [-0.4, -0.2) is 6.61 Å². The van der Waals surface area contributed by atoms with Gasteiger partial charge in [0, 0.05) is 15.9 Å². The number of ether oxygens (including phenoxy) is 1. The highest BCUT2D eigenvalue weighted by molar-refractivity contribution is 9.12. The topological polar surface area (TPSA) is 9.23 Å². The van der Waals surface area contributed by atoms with Gasteiger partial charge in [0.2, 0.25) is 0 Å². The summed E-state index contributed by atoms with van der Waals surface area (Å²) in [4.78, 5) is 2.71. The van der Waals surface area contributed by atoms with Crippen LogP contribution < -0.4 is 4.74 Å². The van der Waals surface area contributed by atoms with E-state index in [1.165, 1.54) is 5.56 Å². The molecule has 0 spiro atoms. The second-order valence-electron chi connectivity index (χ2n) is 3.84. The standard InChI is InChI=1S/C17H13BrO/c18-13-12-16-10-4-5-11-17(16)19-14-6-9-15-7-2-1-3-8-15/h1-11H,14H2/b9-6+. The first kappa shape index (κ1) is 13.5. The van der Waals surface area contributed by atoms with Crippen molar-refractivity contribution in [1.82, 2.24) is 0 Å². The van der Waals surface area contributed by atoms with Crippen molar-refractivity contribution in [1.29, 1.82) is 0 Å². The third-order valence-electron chi connectivity index (χ3n) is 2.51. The van der Waals surface area contributed by atoms with E-state index in [4.69, 9.17) is 4.74 Å². The quantitative estimate of drug-likeness (QED) is 0.756. The Balaban J connectivity index is 1.96. The second-order valence-corrected chi connectivity index (χ2v) is 4.24. The lowest BCUT2D eigenvalue weighted by atomic mass is 10.2. The van der Waals surface area contributed by atoms with Crippen LogP contribution in [0.4, 0.5) is 0 Å². The van der Waals surface area contributed by atoms with Gasteiger partial charge in [0.25, 0.3) is 0 Å². The van der Waals surface area contributed by atoms with Gasteiger partial charge < -0.3 is 4.74 Å². The fourth-order valence-electron chi connectivity index (χ4n) is 1.63. The van der Waals surface area contributed by atoms with Gasteiger partial charge >= 0.3 is 0 Å². The highest BCUT2D eigenvalue weighted by Crippen LogP contribution is 2.16.